The van der Waals surface area contributed by atoms with Crippen LogP contribution in [0.4, 0.5) is 0 Å². The van der Waals surface area contributed by atoms with E-state index in [-0.39, 0.29) is 11.3 Å². The maximum atomic E-state index is 12.2. The van der Waals surface area contributed by atoms with Gasteiger partial charge >= 0.3 is 0 Å². The number of aromatic hydroxyl groups is 1. The Morgan fingerprint density at radius 3 is 2.14 bits per heavy atom. The van der Waals surface area contributed by atoms with E-state index in [0.29, 0.717) is 5.56 Å². The smallest absolute Gasteiger partial charge is 0.273 e. The zero-order chi connectivity index (χ0) is 15.9. The number of amides is 2. The number of para-hydroxylation sites is 1. The Hall–Kier alpha value is -2.47. The molecule has 0 saturated carbocycles. The minimum absolute atomic E-state index is 0.0963. The molecule has 3 N–H and O–H groups in total. The van der Waals surface area contributed by atoms with Crippen LogP contribution in [0.3, 0.4) is 0 Å². The molecule has 0 saturated heterocycles. The number of rotatable bonds is 4. The largest absolute Gasteiger partial charge is 0.507 e. The van der Waals surface area contributed by atoms with Gasteiger partial charge in [0.05, 0.1) is 11.1 Å². The van der Waals surface area contributed by atoms with Crippen LogP contribution in [0.25, 0.3) is 0 Å². The number of carbonyl (C=O) groups excluding carboxylic acids is 2. The van der Waals surface area contributed by atoms with E-state index >= 15 is 0 Å². The highest BCUT2D eigenvalue weighted by molar-refractivity contribution is 7.99. The summed E-state index contributed by atoms with van der Waals surface area (Å²) in [5.41, 5.74) is 5.25. The van der Waals surface area contributed by atoms with Crippen molar-refractivity contribution >= 4 is 23.6 Å². The van der Waals surface area contributed by atoms with E-state index in [9.17, 15) is 14.7 Å². The second-order valence-electron chi connectivity index (χ2n) is 4.35. The molecule has 5 nitrogen and oxygen atoms in total. The highest BCUT2D eigenvalue weighted by Crippen LogP contribution is 2.22. The fraction of sp³-hybridized carbons (Fsp3) is 0.125. The Kier molecular flexibility index (Phi) is 5.43. The normalized spacial score (nSPS) is 10.0. The molecule has 0 aliphatic carbocycles. The molecule has 2 amide bonds. The number of hydrazine groups is 1. The molecule has 0 aliphatic heterocycles. The molecule has 114 valence electrons. The highest BCUT2D eigenvalue weighted by atomic mass is 32.2. The van der Waals surface area contributed by atoms with Crippen molar-refractivity contribution < 1.29 is 14.7 Å². The van der Waals surface area contributed by atoms with Crippen LogP contribution in [-0.2, 0) is 0 Å². The lowest BCUT2D eigenvalue weighted by molar-refractivity contribution is 0.0843. The summed E-state index contributed by atoms with van der Waals surface area (Å²) in [6, 6.07) is 13.3. The van der Waals surface area contributed by atoms with Gasteiger partial charge in [-0.25, -0.2) is 0 Å². The van der Waals surface area contributed by atoms with Gasteiger partial charge in [0.1, 0.15) is 5.75 Å². The van der Waals surface area contributed by atoms with Crippen LogP contribution >= 0.6 is 11.8 Å². The van der Waals surface area contributed by atoms with Gasteiger partial charge in [0, 0.05) is 4.90 Å². The lowest BCUT2D eigenvalue weighted by Crippen LogP contribution is -2.41. The first kappa shape index (κ1) is 15.9. The number of thioether (sulfide) groups is 1. The van der Waals surface area contributed by atoms with E-state index in [1.165, 1.54) is 12.1 Å². The summed E-state index contributed by atoms with van der Waals surface area (Å²) in [5.74, 6) is -0.280. The summed E-state index contributed by atoms with van der Waals surface area (Å²) in [4.78, 5) is 24.9. The second kappa shape index (κ2) is 7.51. The minimum Gasteiger partial charge on any atom is -0.507 e. The van der Waals surface area contributed by atoms with Crippen LogP contribution in [0.5, 0.6) is 5.75 Å². The Labute approximate surface area is 132 Å². The van der Waals surface area contributed by atoms with Crippen molar-refractivity contribution in [1.82, 2.24) is 10.9 Å². The molecule has 0 aromatic heterocycles. The zero-order valence-corrected chi connectivity index (χ0v) is 12.8. The lowest BCUT2D eigenvalue weighted by atomic mass is 10.2. The van der Waals surface area contributed by atoms with Crippen molar-refractivity contribution in [3.05, 3.63) is 59.7 Å². The first-order valence-corrected chi connectivity index (χ1v) is 7.72. The van der Waals surface area contributed by atoms with Crippen LogP contribution < -0.4 is 10.9 Å². The molecule has 22 heavy (non-hydrogen) atoms. The molecule has 0 fully saturated rings. The van der Waals surface area contributed by atoms with Crippen molar-refractivity contribution in [3.63, 3.8) is 0 Å². The van der Waals surface area contributed by atoms with Gasteiger partial charge in [-0.3, -0.25) is 20.4 Å². The standard InChI is InChI=1S/C16H16N2O3S/c1-2-22-14-10-6-4-8-12(14)16(21)18-17-15(20)11-7-3-5-9-13(11)19/h3-10,19H,2H2,1H3,(H,17,20)(H,18,21). The average molecular weight is 316 g/mol. The predicted octanol–water partition coefficient (Wildman–Crippen LogP) is 2.58. The van der Waals surface area contributed by atoms with Gasteiger partial charge in [-0.15, -0.1) is 11.8 Å². The van der Waals surface area contributed by atoms with E-state index in [4.69, 9.17) is 0 Å². The molecule has 0 atom stereocenters. The van der Waals surface area contributed by atoms with Gasteiger partial charge in [-0.05, 0) is 30.0 Å². The summed E-state index contributed by atoms with van der Waals surface area (Å²) >= 11 is 1.55. The second-order valence-corrected chi connectivity index (χ2v) is 5.66. The molecule has 0 unspecified atom stereocenters. The fourth-order valence-electron chi connectivity index (χ4n) is 1.85. The Morgan fingerprint density at radius 2 is 1.50 bits per heavy atom. The maximum Gasteiger partial charge on any atom is 0.273 e. The third-order valence-corrected chi connectivity index (χ3v) is 3.83. The SMILES string of the molecule is CCSc1ccccc1C(=O)NNC(=O)c1ccccc1O. The molecule has 6 heteroatoms. The summed E-state index contributed by atoms with van der Waals surface area (Å²) < 4.78 is 0. The molecule has 2 aromatic rings. The lowest BCUT2D eigenvalue weighted by Gasteiger charge is -2.10. The summed E-state index contributed by atoms with van der Waals surface area (Å²) in [6.45, 7) is 2.00. The minimum atomic E-state index is -0.577. The quantitative estimate of drug-likeness (QED) is 0.598. The zero-order valence-electron chi connectivity index (χ0n) is 12.0. The van der Waals surface area contributed by atoms with Crippen LogP contribution in [0.2, 0.25) is 0 Å². The van der Waals surface area contributed by atoms with Crippen LogP contribution in [0.15, 0.2) is 53.4 Å². The topological polar surface area (TPSA) is 78.4 Å². The van der Waals surface area contributed by atoms with Crippen molar-refractivity contribution in [2.75, 3.05) is 5.75 Å². The van der Waals surface area contributed by atoms with Gasteiger partial charge in [0.2, 0.25) is 0 Å². The molecular formula is C16H16N2O3S. The average Bonchev–Trinajstić information content (AvgIpc) is 2.53. The number of hydrogen-bond acceptors (Lipinski definition) is 4. The summed E-state index contributed by atoms with van der Waals surface area (Å²) in [7, 11) is 0. The molecule has 0 heterocycles. The van der Waals surface area contributed by atoms with Gasteiger partial charge in [-0.2, -0.15) is 0 Å². The van der Waals surface area contributed by atoms with Crippen molar-refractivity contribution in [1.29, 1.82) is 0 Å². The predicted molar refractivity (Wildman–Crippen MR) is 85.9 cm³/mol. The molecule has 2 rings (SSSR count). The number of benzene rings is 2. The first-order chi connectivity index (χ1) is 10.6. The van der Waals surface area contributed by atoms with Gasteiger partial charge in [0.25, 0.3) is 11.8 Å². The Morgan fingerprint density at radius 1 is 0.955 bits per heavy atom. The molecular weight excluding hydrogens is 300 g/mol. The third kappa shape index (κ3) is 3.79. The number of nitrogens with one attached hydrogen (secondary N) is 2. The van der Waals surface area contributed by atoms with Crippen LogP contribution in [-0.4, -0.2) is 22.7 Å². The van der Waals surface area contributed by atoms with Crippen LogP contribution in [0.1, 0.15) is 27.6 Å². The molecule has 0 spiro atoms. The number of phenolic OH excluding ortho intramolecular Hbond substituents is 1. The van der Waals surface area contributed by atoms with Gasteiger partial charge < -0.3 is 5.11 Å². The van der Waals surface area contributed by atoms with Crippen LogP contribution in [0, 0.1) is 0 Å². The van der Waals surface area contributed by atoms with E-state index in [2.05, 4.69) is 10.9 Å². The van der Waals surface area contributed by atoms with Crippen molar-refractivity contribution in [2.24, 2.45) is 0 Å². The van der Waals surface area contributed by atoms with Crippen molar-refractivity contribution in [2.45, 2.75) is 11.8 Å². The Balaban J connectivity index is 2.04. The third-order valence-electron chi connectivity index (χ3n) is 2.87. The fourth-order valence-corrected chi connectivity index (χ4v) is 2.65. The van der Waals surface area contributed by atoms with Gasteiger partial charge in [-0.1, -0.05) is 31.2 Å². The van der Waals surface area contributed by atoms with E-state index in [1.807, 2.05) is 19.1 Å². The van der Waals surface area contributed by atoms with E-state index < -0.39 is 11.8 Å². The monoisotopic (exact) mass is 316 g/mol. The van der Waals surface area contributed by atoms with Gasteiger partial charge in [0.15, 0.2) is 0 Å². The Bertz CT molecular complexity index is 689. The maximum absolute atomic E-state index is 12.2. The van der Waals surface area contributed by atoms with E-state index in [0.717, 1.165) is 10.6 Å². The molecule has 2 aromatic carbocycles. The summed E-state index contributed by atoms with van der Waals surface area (Å²) in [5, 5.41) is 9.60. The van der Waals surface area contributed by atoms with Crippen molar-refractivity contribution in [3.8, 4) is 5.75 Å². The number of carbonyl (C=O) groups is 2. The highest BCUT2D eigenvalue weighted by Gasteiger charge is 2.14. The first-order valence-electron chi connectivity index (χ1n) is 6.74. The summed E-state index contributed by atoms with van der Waals surface area (Å²) in [6.07, 6.45) is 0. The molecule has 0 radical (unpaired) electrons. The molecule has 0 aliphatic rings. The van der Waals surface area contributed by atoms with E-state index in [1.54, 1.807) is 36.0 Å². The number of hydrogen-bond donors (Lipinski definition) is 3. The molecule has 0 bridgehead atoms. The number of phenols is 1.